The molecule has 3 aromatic carbocycles. The normalized spacial score (nSPS) is 10.7. The Kier molecular flexibility index (Phi) is 7.61. The van der Waals surface area contributed by atoms with E-state index in [4.69, 9.17) is 28.9 Å². The second-order valence-corrected chi connectivity index (χ2v) is 8.21. The van der Waals surface area contributed by atoms with Crippen molar-refractivity contribution in [3.63, 3.8) is 0 Å². The van der Waals surface area contributed by atoms with Crippen molar-refractivity contribution < 1.29 is 14.0 Å². The molecule has 0 saturated carbocycles. The molecule has 5 nitrogen and oxygen atoms in total. The van der Waals surface area contributed by atoms with E-state index in [1.807, 2.05) is 19.9 Å². The SMILES string of the molecule is CCN(CC)c1cc(-c2cc(C(N)=O)ccc2Cl)ccc1N(C)C(=O)c1c(F)cccc1Cl. The number of carbonyl (C=O) groups excluding carboxylic acids is 2. The van der Waals surface area contributed by atoms with Crippen LogP contribution in [-0.4, -0.2) is 32.0 Å². The predicted octanol–water partition coefficient (Wildman–Crippen LogP) is 6.02. The molecule has 3 rings (SSSR count). The summed E-state index contributed by atoms with van der Waals surface area (Å²) in [7, 11) is 1.58. The fourth-order valence-corrected chi connectivity index (χ4v) is 4.14. The number of carbonyl (C=O) groups is 2. The molecule has 0 aliphatic carbocycles. The number of primary amides is 1. The molecule has 0 spiro atoms. The maximum absolute atomic E-state index is 14.4. The first-order chi connectivity index (χ1) is 15.7. The zero-order valence-corrected chi connectivity index (χ0v) is 20.0. The van der Waals surface area contributed by atoms with Crippen molar-refractivity contribution in [2.24, 2.45) is 5.73 Å². The lowest BCUT2D eigenvalue weighted by Crippen LogP contribution is -2.31. The molecule has 0 heterocycles. The van der Waals surface area contributed by atoms with Gasteiger partial charge in [-0.25, -0.2) is 4.39 Å². The summed E-state index contributed by atoms with van der Waals surface area (Å²) in [4.78, 5) is 28.3. The second kappa shape index (κ2) is 10.2. The molecule has 0 fully saturated rings. The molecule has 0 atom stereocenters. The highest BCUT2D eigenvalue weighted by Crippen LogP contribution is 2.37. The number of rotatable bonds is 7. The molecule has 0 bridgehead atoms. The monoisotopic (exact) mass is 487 g/mol. The largest absolute Gasteiger partial charge is 0.370 e. The molecule has 3 aromatic rings. The van der Waals surface area contributed by atoms with Crippen LogP contribution in [0.5, 0.6) is 0 Å². The third-order valence-electron chi connectivity index (χ3n) is 5.48. The Morgan fingerprint density at radius 2 is 1.64 bits per heavy atom. The summed E-state index contributed by atoms with van der Waals surface area (Å²) in [6, 6.07) is 14.4. The zero-order valence-electron chi connectivity index (χ0n) is 18.5. The molecule has 2 amide bonds. The van der Waals surface area contributed by atoms with Gasteiger partial charge >= 0.3 is 0 Å². The van der Waals surface area contributed by atoms with Crippen LogP contribution >= 0.6 is 23.2 Å². The number of nitrogens with two attached hydrogens (primary N) is 1. The van der Waals surface area contributed by atoms with Crippen LogP contribution in [0, 0.1) is 5.82 Å². The third kappa shape index (κ3) is 4.97. The lowest BCUT2D eigenvalue weighted by Gasteiger charge is -2.29. The number of benzene rings is 3. The van der Waals surface area contributed by atoms with E-state index >= 15 is 0 Å². The van der Waals surface area contributed by atoms with Gasteiger partial charge in [0.2, 0.25) is 5.91 Å². The highest BCUT2D eigenvalue weighted by molar-refractivity contribution is 6.34. The molecule has 0 aromatic heterocycles. The van der Waals surface area contributed by atoms with E-state index in [1.165, 1.54) is 23.1 Å². The first-order valence-electron chi connectivity index (χ1n) is 10.4. The third-order valence-corrected chi connectivity index (χ3v) is 6.13. The Hall–Kier alpha value is -3.09. The zero-order chi connectivity index (χ0) is 24.3. The molecule has 8 heteroatoms. The molecular formula is C25H24Cl2FN3O2. The van der Waals surface area contributed by atoms with Gasteiger partial charge in [0.1, 0.15) is 5.82 Å². The van der Waals surface area contributed by atoms with E-state index < -0.39 is 17.6 Å². The maximum Gasteiger partial charge on any atom is 0.262 e. The summed E-state index contributed by atoms with van der Waals surface area (Å²) >= 11 is 12.5. The first kappa shape index (κ1) is 24.6. The minimum atomic E-state index is -0.685. The highest BCUT2D eigenvalue weighted by atomic mass is 35.5. The average Bonchev–Trinajstić information content (AvgIpc) is 2.79. The Balaban J connectivity index is 2.15. The second-order valence-electron chi connectivity index (χ2n) is 7.40. The molecule has 33 heavy (non-hydrogen) atoms. The fourth-order valence-electron chi connectivity index (χ4n) is 3.67. The minimum Gasteiger partial charge on any atom is -0.370 e. The molecular weight excluding hydrogens is 464 g/mol. The summed E-state index contributed by atoms with van der Waals surface area (Å²) in [5, 5.41) is 0.503. The van der Waals surface area contributed by atoms with Crippen molar-refractivity contribution in [2.75, 3.05) is 29.9 Å². The summed E-state index contributed by atoms with van der Waals surface area (Å²) < 4.78 is 14.4. The van der Waals surface area contributed by atoms with E-state index in [1.54, 1.807) is 37.4 Å². The van der Waals surface area contributed by atoms with Crippen LogP contribution in [0.25, 0.3) is 11.1 Å². The topological polar surface area (TPSA) is 66.6 Å². The lowest BCUT2D eigenvalue weighted by atomic mass is 10.0. The van der Waals surface area contributed by atoms with E-state index in [-0.39, 0.29) is 10.6 Å². The van der Waals surface area contributed by atoms with E-state index in [9.17, 15) is 14.0 Å². The molecule has 0 radical (unpaired) electrons. The van der Waals surface area contributed by atoms with Crippen LogP contribution in [0.2, 0.25) is 10.0 Å². The number of anilines is 2. The van der Waals surface area contributed by atoms with Gasteiger partial charge in [0, 0.05) is 36.3 Å². The quantitative estimate of drug-likeness (QED) is 0.442. The summed E-state index contributed by atoms with van der Waals surface area (Å²) in [5.74, 6) is -1.80. The van der Waals surface area contributed by atoms with E-state index in [0.29, 0.717) is 34.9 Å². The van der Waals surface area contributed by atoms with Crippen molar-refractivity contribution in [1.82, 2.24) is 0 Å². The number of nitrogens with zero attached hydrogens (tertiary/aromatic N) is 2. The van der Waals surface area contributed by atoms with Gasteiger partial charge in [0.15, 0.2) is 0 Å². The van der Waals surface area contributed by atoms with Crippen molar-refractivity contribution in [3.8, 4) is 11.1 Å². The van der Waals surface area contributed by atoms with Gasteiger partial charge in [0.05, 0.1) is 22.0 Å². The van der Waals surface area contributed by atoms with Gasteiger partial charge in [-0.3, -0.25) is 9.59 Å². The number of hydrogen-bond acceptors (Lipinski definition) is 3. The number of halogens is 3. The van der Waals surface area contributed by atoms with E-state index in [2.05, 4.69) is 4.90 Å². The van der Waals surface area contributed by atoms with Crippen molar-refractivity contribution >= 4 is 46.4 Å². The molecule has 0 unspecified atom stereocenters. The van der Waals surface area contributed by atoms with Gasteiger partial charge in [-0.15, -0.1) is 0 Å². The van der Waals surface area contributed by atoms with Gasteiger partial charge in [-0.05, 0) is 61.9 Å². The summed E-state index contributed by atoms with van der Waals surface area (Å²) in [5.41, 5.74) is 8.30. The van der Waals surface area contributed by atoms with Gasteiger partial charge < -0.3 is 15.5 Å². The Labute approximate surface area is 202 Å². The van der Waals surface area contributed by atoms with Crippen LogP contribution in [0.1, 0.15) is 34.6 Å². The van der Waals surface area contributed by atoms with Crippen LogP contribution < -0.4 is 15.5 Å². The highest BCUT2D eigenvalue weighted by Gasteiger charge is 2.24. The van der Waals surface area contributed by atoms with Crippen molar-refractivity contribution in [3.05, 3.63) is 81.6 Å². The first-order valence-corrected chi connectivity index (χ1v) is 11.2. The van der Waals surface area contributed by atoms with Gasteiger partial charge in [-0.1, -0.05) is 35.3 Å². The fraction of sp³-hybridized carbons (Fsp3) is 0.200. The van der Waals surface area contributed by atoms with Crippen LogP contribution in [-0.2, 0) is 0 Å². The average molecular weight is 488 g/mol. The van der Waals surface area contributed by atoms with E-state index in [0.717, 1.165) is 11.3 Å². The smallest absolute Gasteiger partial charge is 0.262 e. The molecule has 0 aliphatic heterocycles. The van der Waals surface area contributed by atoms with Crippen LogP contribution in [0.15, 0.2) is 54.6 Å². The number of hydrogen-bond donors (Lipinski definition) is 1. The maximum atomic E-state index is 14.4. The van der Waals surface area contributed by atoms with Crippen LogP contribution in [0.4, 0.5) is 15.8 Å². The molecule has 0 saturated heterocycles. The standard InChI is InChI=1S/C25H24Cl2FN3O2/c1-4-31(5-2)22-14-15(17-13-16(24(29)32)9-11-18(17)26)10-12-21(22)30(3)25(33)23-19(27)7-6-8-20(23)28/h6-14H,4-5H2,1-3H3,(H2,29,32). The number of amides is 2. The minimum absolute atomic E-state index is 0.0444. The Morgan fingerprint density at radius 1 is 0.939 bits per heavy atom. The molecule has 172 valence electrons. The van der Waals surface area contributed by atoms with Gasteiger partial charge in [0.25, 0.3) is 5.91 Å². The molecule has 0 aliphatic rings. The van der Waals surface area contributed by atoms with Gasteiger partial charge in [-0.2, -0.15) is 0 Å². The van der Waals surface area contributed by atoms with Crippen molar-refractivity contribution in [1.29, 1.82) is 0 Å². The lowest BCUT2D eigenvalue weighted by molar-refractivity contribution is 0.0985. The van der Waals surface area contributed by atoms with Crippen LogP contribution in [0.3, 0.4) is 0 Å². The predicted molar refractivity (Wildman–Crippen MR) is 133 cm³/mol. The summed E-state index contributed by atoms with van der Waals surface area (Å²) in [6.45, 7) is 5.33. The Bertz CT molecular complexity index is 1190. The Morgan fingerprint density at radius 3 is 2.24 bits per heavy atom. The summed E-state index contributed by atoms with van der Waals surface area (Å²) in [6.07, 6.45) is 0. The van der Waals surface area contributed by atoms with Crippen molar-refractivity contribution in [2.45, 2.75) is 13.8 Å². The molecule has 2 N–H and O–H groups in total.